The lowest BCUT2D eigenvalue weighted by molar-refractivity contribution is 0.583. The number of hydrogen-bond acceptors (Lipinski definition) is 5. The molecular weight excluding hydrogens is 242 g/mol. The number of benzene rings is 1. The first-order chi connectivity index (χ1) is 6.77. The van der Waals surface area contributed by atoms with Crippen LogP contribution in [0.1, 0.15) is 0 Å². The molecule has 84 valence electrons. The molecule has 0 aromatic heterocycles. The van der Waals surface area contributed by atoms with Crippen LogP contribution >= 0.6 is 0 Å². The number of hydrogen-bond donors (Lipinski definition) is 3. The topological polar surface area (TPSA) is 132 Å². The third kappa shape index (κ3) is 2.73. The molecule has 0 fully saturated rings. The van der Waals surface area contributed by atoms with Gasteiger partial charge in [0.25, 0.3) is 10.0 Å². The molecule has 5 N–H and O–H groups in total. The van der Waals surface area contributed by atoms with Gasteiger partial charge in [-0.15, -0.1) is 0 Å². The van der Waals surface area contributed by atoms with E-state index < -0.39 is 20.0 Å². The minimum Gasteiger partial charge on any atom is -0.257 e. The van der Waals surface area contributed by atoms with E-state index >= 15 is 0 Å². The van der Waals surface area contributed by atoms with Gasteiger partial charge in [0.1, 0.15) is 0 Å². The number of nitrogens with two attached hydrogens (primary N) is 2. The van der Waals surface area contributed by atoms with E-state index in [0.29, 0.717) is 0 Å². The van der Waals surface area contributed by atoms with Crippen molar-refractivity contribution in [2.75, 3.05) is 0 Å². The summed E-state index contributed by atoms with van der Waals surface area (Å²) in [5, 5.41) is 4.83. The molecule has 0 saturated carbocycles. The van der Waals surface area contributed by atoms with Crippen molar-refractivity contribution < 1.29 is 16.8 Å². The fourth-order valence-electron chi connectivity index (χ4n) is 0.877. The number of hydrazine groups is 1. The maximum Gasteiger partial charge on any atom is 0.253 e. The van der Waals surface area contributed by atoms with Crippen molar-refractivity contribution in [2.24, 2.45) is 11.0 Å². The van der Waals surface area contributed by atoms with E-state index in [1.165, 1.54) is 0 Å². The Morgan fingerprint density at radius 1 is 0.933 bits per heavy atom. The van der Waals surface area contributed by atoms with Crippen LogP contribution < -0.4 is 15.8 Å². The maximum atomic E-state index is 11.1. The molecule has 0 aliphatic heterocycles. The molecule has 0 radical (unpaired) electrons. The van der Waals surface area contributed by atoms with Crippen LogP contribution in [0.3, 0.4) is 0 Å². The third-order valence-electron chi connectivity index (χ3n) is 1.62. The Bertz CT molecular complexity index is 547. The van der Waals surface area contributed by atoms with Gasteiger partial charge in [0, 0.05) is 0 Å². The highest BCUT2D eigenvalue weighted by Gasteiger charge is 2.13. The molecule has 15 heavy (non-hydrogen) atoms. The van der Waals surface area contributed by atoms with Crippen molar-refractivity contribution in [3.63, 3.8) is 0 Å². The molecule has 0 spiro atoms. The molecule has 1 aromatic rings. The number of rotatable bonds is 3. The average Bonchev–Trinajstić information content (AvgIpc) is 2.17. The van der Waals surface area contributed by atoms with Crippen LogP contribution in [-0.2, 0) is 20.0 Å². The lowest BCUT2D eigenvalue weighted by Gasteiger charge is -2.02. The standard InChI is InChI=1S/C6H9N3O4S2/c7-9-15(12,13)6-3-1-5(2-4-6)14(8,10)11/h1-4,9H,7H2,(H2,8,10,11). The summed E-state index contributed by atoms with van der Waals surface area (Å²) in [6.45, 7) is 0. The van der Waals surface area contributed by atoms with Crippen LogP contribution in [0.15, 0.2) is 34.1 Å². The zero-order valence-electron chi connectivity index (χ0n) is 7.41. The third-order valence-corrected chi connectivity index (χ3v) is 3.75. The van der Waals surface area contributed by atoms with E-state index in [9.17, 15) is 16.8 Å². The van der Waals surface area contributed by atoms with Gasteiger partial charge in [-0.05, 0) is 24.3 Å². The largest absolute Gasteiger partial charge is 0.257 e. The molecule has 0 aliphatic rings. The van der Waals surface area contributed by atoms with Crippen molar-refractivity contribution >= 4 is 20.0 Å². The Kier molecular flexibility index (Phi) is 3.11. The SMILES string of the molecule is NNS(=O)(=O)c1ccc(S(N)(=O)=O)cc1. The zero-order chi connectivity index (χ0) is 11.7. The molecular formula is C6H9N3O4S2. The summed E-state index contributed by atoms with van der Waals surface area (Å²) < 4.78 is 44.0. The van der Waals surface area contributed by atoms with Gasteiger partial charge in [0.2, 0.25) is 10.0 Å². The molecule has 9 heteroatoms. The second kappa shape index (κ2) is 3.87. The van der Waals surface area contributed by atoms with Crippen molar-refractivity contribution in [2.45, 2.75) is 9.79 Å². The molecule has 1 aromatic carbocycles. The van der Waals surface area contributed by atoms with E-state index in [1.54, 1.807) is 4.83 Å². The van der Waals surface area contributed by atoms with Gasteiger partial charge in [-0.25, -0.2) is 22.0 Å². The maximum absolute atomic E-state index is 11.1. The van der Waals surface area contributed by atoms with E-state index in [2.05, 4.69) is 0 Å². The van der Waals surface area contributed by atoms with Crippen LogP contribution in [-0.4, -0.2) is 16.8 Å². The fourth-order valence-corrected chi connectivity index (χ4v) is 2.02. The molecule has 0 bridgehead atoms. The summed E-state index contributed by atoms with van der Waals surface area (Å²) >= 11 is 0. The minimum absolute atomic E-state index is 0.141. The molecule has 7 nitrogen and oxygen atoms in total. The molecule has 0 amide bonds. The predicted molar refractivity (Wildman–Crippen MR) is 52.3 cm³/mol. The highest BCUT2D eigenvalue weighted by Crippen LogP contribution is 2.12. The van der Waals surface area contributed by atoms with Crippen molar-refractivity contribution in [3.05, 3.63) is 24.3 Å². The highest BCUT2D eigenvalue weighted by atomic mass is 32.2. The lowest BCUT2D eigenvalue weighted by atomic mass is 10.4. The minimum atomic E-state index is -3.82. The monoisotopic (exact) mass is 251 g/mol. The highest BCUT2D eigenvalue weighted by molar-refractivity contribution is 7.89. The van der Waals surface area contributed by atoms with Gasteiger partial charge < -0.3 is 0 Å². The van der Waals surface area contributed by atoms with E-state index in [-0.39, 0.29) is 9.79 Å². The summed E-state index contributed by atoms with van der Waals surface area (Å²) in [5.41, 5.74) is 0. The van der Waals surface area contributed by atoms with Crippen molar-refractivity contribution in [3.8, 4) is 0 Å². The molecule has 0 saturated heterocycles. The smallest absolute Gasteiger partial charge is 0.253 e. The second-order valence-electron chi connectivity index (χ2n) is 2.64. The fraction of sp³-hybridized carbons (Fsp3) is 0. The Morgan fingerprint density at radius 3 is 1.67 bits per heavy atom. The summed E-state index contributed by atoms with van der Waals surface area (Å²) in [5.74, 6) is 4.78. The first-order valence-corrected chi connectivity index (χ1v) is 6.65. The molecule has 0 heterocycles. The molecule has 1 rings (SSSR count). The Balaban J connectivity index is 3.24. The van der Waals surface area contributed by atoms with Crippen molar-refractivity contribution in [1.82, 2.24) is 4.83 Å². The van der Waals surface area contributed by atoms with Gasteiger partial charge >= 0.3 is 0 Å². The van der Waals surface area contributed by atoms with E-state index in [1.807, 2.05) is 0 Å². The Labute approximate surface area is 87.2 Å². The molecule has 0 atom stereocenters. The van der Waals surface area contributed by atoms with E-state index in [0.717, 1.165) is 24.3 Å². The van der Waals surface area contributed by atoms with Crippen LogP contribution in [0.25, 0.3) is 0 Å². The molecule has 0 aliphatic carbocycles. The van der Waals surface area contributed by atoms with Gasteiger partial charge in [-0.2, -0.15) is 4.83 Å². The van der Waals surface area contributed by atoms with Crippen molar-refractivity contribution in [1.29, 1.82) is 0 Å². The van der Waals surface area contributed by atoms with Gasteiger partial charge in [-0.3, -0.25) is 5.84 Å². The summed E-state index contributed by atoms with van der Waals surface area (Å²) in [6.07, 6.45) is 0. The van der Waals surface area contributed by atoms with Crippen LogP contribution in [0.2, 0.25) is 0 Å². The predicted octanol–water partition coefficient (Wildman–Crippen LogP) is -1.51. The normalized spacial score (nSPS) is 12.7. The van der Waals surface area contributed by atoms with Crippen LogP contribution in [0, 0.1) is 0 Å². The zero-order valence-corrected chi connectivity index (χ0v) is 9.05. The number of sulfonamides is 2. The average molecular weight is 251 g/mol. The summed E-state index contributed by atoms with van der Waals surface area (Å²) in [4.78, 5) is 1.30. The van der Waals surface area contributed by atoms with Gasteiger partial charge in [0.15, 0.2) is 0 Å². The van der Waals surface area contributed by atoms with Gasteiger partial charge in [-0.1, -0.05) is 0 Å². The quantitative estimate of drug-likeness (QED) is 0.443. The Morgan fingerprint density at radius 2 is 1.33 bits per heavy atom. The van der Waals surface area contributed by atoms with E-state index in [4.69, 9.17) is 11.0 Å². The second-order valence-corrected chi connectivity index (χ2v) is 5.91. The molecule has 0 unspecified atom stereocenters. The number of nitrogens with one attached hydrogen (secondary N) is 1. The lowest BCUT2D eigenvalue weighted by Crippen LogP contribution is -2.30. The first kappa shape index (κ1) is 12.1. The van der Waals surface area contributed by atoms with Crippen LogP contribution in [0.4, 0.5) is 0 Å². The Hall–Kier alpha value is -1.00. The number of primary sulfonamides is 1. The summed E-state index contributed by atoms with van der Waals surface area (Å²) in [7, 11) is -7.59. The van der Waals surface area contributed by atoms with Gasteiger partial charge in [0.05, 0.1) is 9.79 Å². The van der Waals surface area contributed by atoms with Crippen LogP contribution in [0.5, 0.6) is 0 Å². The summed E-state index contributed by atoms with van der Waals surface area (Å²) in [6, 6.07) is 4.35. The first-order valence-electron chi connectivity index (χ1n) is 3.62.